The van der Waals surface area contributed by atoms with Crippen molar-refractivity contribution in [2.75, 3.05) is 59.2 Å². The van der Waals surface area contributed by atoms with Gasteiger partial charge >= 0.3 is 5.97 Å². The molecule has 0 spiro atoms. The van der Waals surface area contributed by atoms with Gasteiger partial charge in [-0.25, -0.2) is 4.79 Å². The predicted molar refractivity (Wildman–Crippen MR) is 127 cm³/mol. The van der Waals surface area contributed by atoms with Crippen molar-refractivity contribution in [3.8, 4) is 0 Å². The van der Waals surface area contributed by atoms with E-state index in [1.165, 1.54) is 11.1 Å². The largest absolute Gasteiger partial charge is 0.480 e. The number of carboxylic acids is 1. The molecule has 31 heavy (non-hydrogen) atoms. The number of hydrogen-bond acceptors (Lipinski definition) is 5. The van der Waals surface area contributed by atoms with Crippen molar-refractivity contribution in [1.29, 1.82) is 0 Å². The highest BCUT2D eigenvalue weighted by Crippen LogP contribution is 2.29. The summed E-state index contributed by atoms with van der Waals surface area (Å²) in [4.78, 5) is 15.3. The summed E-state index contributed by atoms with van der Waals surface area (Å²) < 4.78 is 10.5. The lowest BCUT2D eigenvalue weighted by atomic mass is 9.96. The lowest BCUT2D eigenvalue weighted by molar-refractivity contribution is -0.142. The van der Waals surface area contributed by atoms with Crippen LogP contribution in [0.4, 0.5) is 0 Å². The molecule has 0 atom stereocenters. The quantitative estimate of drug-likeness (QED) is 0.508. The van der Waals surface area contributed by atoms with Crippen molar-refractivity contribution < 1.29 is 19.4 Å². The number of ether oxygens (including phenoxy) is 2. The molecular weight excluding hydrogens is 439 g/mol. The van der Waals surface area contributed by atoms with E-state index in [2.05, 4.69) is 70.5 Å². The number of halogens is 2. The van der Waals surface area contributed by atoms with Crippen LogP contribution in [0.5, 0.6) is 0 Å². The van der Waals surface area contributed by atoms with Crippen LogP contribution in [0, 0.1) is 0 Å². The molecule has 2 aromatic rings. The van der Waals surface area contributed by atoms with E-state index in [0.717, 1.165) is 32.7 Å². The van der Waals surface area contributed by atoms with E-state index in [0.29, 0.717) is 19.8 Å². The summed E-state index contributed by atoms with van der Waals surface area (Å²) in [6.45, 7) is 6.03. The Balaban J connectivity index is 0.00000240. The molecular formula is C23H32Cl2N2O4. The van der Waals surface area contributed by atoms with E-state index < -0.39 is 5.97 Å². The van der Waals surface area contributed by atoms with Crippen LogP contribution in [-0.2, 0) is 14.3 Å². The van der Waals surface area contributed by atoms with E-state index in [4.69, 9.17) is 14.6 Å². The van der Waals surface area contributed by atoms with Gasteiger partial charge in [0.2, 0.25) is 0 Å². The maximum absolute atomic E-state index is 10.4. The number of nitrogens with zero attached hydrogens (tertiary/aromatic N) is 2. The fourth-order valence-corrected chi connectivity index (χ4v) is 3.70. The standard InChI is InChI=1S/C23H30N2O4.2ClH/c26-22(27)19-29-18-17-28-16-15-24-11-13-25(14-12-24)23(20-7-3-1-4-8-20)21-9-5-2-6-10-21;;/h1-10,23H,11-19H2,(H,26,27);2*1H. The van der Waals surface area contributed by atoms with Gasteiger partial charge < -0.3 is 14.6 Å². The van der Waals surface area contributed by atoms with Crippen LogP contribution in [0.15, 0.2) is 60.7 Å². The number of rotatable bonds is 11. The maximum atomic E-state index is 10.4. The number of aliphatic carboxylic acids is 1. The Bertz CT molecular complexity index is 689. The first kappa shape index (κ1) is 27.4. The van der Waals surface area contributed by atoms with Gasteiger partial charge in [0.15, 0.2) is 0 Å². The van der Waals surface area contributed by atoms with Gasteiger partial charge in [-0.15, -0.1) is 24.8 Å². The molecule has 1 fully saturated rings. The minimum Gasteiger partial charge on any atom is -0.480 e. The highest BCUT2D eigenvalue weighted by atomic mass is 35.5. The van der Waals surface area contributed by atoms with Crippen LogP contribution < -0.4 is 0 Å². The molecule has 172 valence electrons. The van der Waals surface area contributed by atoms with Gasteiger partial charge in [-0.3, -0.25) is 9.80 Å². The molecule has 3 rings (SSSR count). The average molecular weight is 471 g/mol. The van der Waals surface area contributed by atoms with Crippen molar-refractivity contribution in [2.24, 2.45) is 0 Å². The Morgan fingerprint density at radius 3 is 1.84 bits per heavy atom. The zero-order chi connectivity index (χ0) is 20.3. The van der Waals surface area contributed by atoms with Crippen LogP contribution in [-0.4, -0.2) is 80.0 Å². The number of carboxylic acid groups (broad SMARTS) is 1. The fraction of sp³-hybridized carbons (Fsp3) is 0.435. The Morgan fingerprint density at radius 2 is 1.32 bits per heavy atom. The van der Waals surface area contributed by atoms with E-state index in [1.807, 2.05) is 0 Å². The first-order valence-electron chi connectivity index (χ1n) is 10.2. The second-order valence-electron chi connectivity index (χ2n) is 7.16. The Hall–Kier alpha value is -1.67. The maximum Gasteiger partial charge on any atom is 0.329 e. The number of hydrogen-bond donors (Lipinski definition) is 1. The Labute approximate surface area is 197 Å². The lowest BCUT2D eigenvalue weighted by Gasteiger charge is -2.39. The summed E-state index contributed by atoms with van der Waals surface area (Å²) >= 11 is 0. The minimum absolute atomic E-state index is 0. The summed E-state index contributed by atoms with van der Waals surface area (Å²) in [5, 5.41) is 8.52. The molecule has 0 aliphatic carbocycles. The molecule has 1 N–H and O–H groups in total. The molecule has 0 amide bonds. The van der Waals surface area contributed by atoms with E-state index in [-0.39, 0.29) is 37.5 Å². The minimum atomic E-state index is -0.952. The SMILES string of the molecule is Cl.Cl.O=C(O)COCCOCCN1CCN(C(c2ccccc2)c2ccccc2)CC1. The fourth-order valence-electron chi connectivity index (χ4n) is 3.70. The zero-order valence-electron chi connectivity index (χ0n) is 17.6. The van der Waals surface area contributed by atoms with Crippen LogP contribution in [0.2, 0.25) is 0 Å². The third-order valence-corrected chi connectivity index (χ3v) is 5.15. The zero-order valence-corrected chi connectivity index (χ0v) is 19.2. The molecule has 0 radical (unpaired) electrons. The second-order valence-corrected chi connectivity index (χ2v) is 7.16. The first-order valence-corrected chi connectivity index (χ1v) is 10.2. The molecule has 2 aromatic carbocycles. The van der Waals surface area contributed by atoms with E-state index in [9.17, 15) is 4.79 Å². The Morgan fingerprint density at radius 1 is 0.806 bits per heavy atom. The van der Waals surface area contributed by atoms with Crippen LogP contribution in [0.25, 0.3) is 0 Å². The summed E-state index contributed by atoms with van der Waals surface area (Å²) in [7, 11) is 0. The molecule has 0 saturated carbocycles. The second kappa shape index (κ2) is 15.2. The van der Waals surface area contributed by atoms with E-state index in [1.54, 1.807) is 0 Å². The molecule has 1 aliphatic rings. The lowest BCUT2D eigenvalue weighted by Crippen LogP contribution is -2.48. The highest BCUT2D eigenvalue weighted by molar-refractivity contribution is 5.85. The first-order chi connectivity index (χ1) is 14.2. The van der Waals surface area contributed by atoms with Gasteiger partial charge in [-0.1, -0.05) is 60.7 Å². The summed E-state index contributed by atoms with van der Waals surface area (Å²) in [5.41, 5.74) is 2.66. The summed E-state index contributed by atoms with van der Waals surface area (Å²) in [6, 6.07) is 21.7. The van der Waals surface area contributed by atoms with Crippen molar-refractivity contribution in [3.63, 3.8) is 0 Å². The normalized spacial score (nSPS) is 14.6. The van der Waals surface area contributed by atoms with Crippen molar-refractivity contribution in [3.05, 3.63) is 71.8 Å². The van der Waals surface area contributed by atoms with Crippen molar-refractivity contribution in [1.82, 2.24) is 9.80 Å². The third kappa shape index (κ3) is 9.15. The van der Waals surface area contributed by atoms with Gasteiger partial charge in [0.1, 0.15) is 6.61 Å². The van der Waals surface area contributed by atoms with E-state index >= 15 is 0 Å². The van der Waals surface area contributed by atoms with Crippen molar-refractivity contribution in [2.45, 2.75) is 6.04 Å². The molecule has 1 saturated heterocycles. The summed E-state index contributed by atoms with van der Waals surface area (Å²) in [6.07, 6.45) is 0. The van der Waals surface area contributed by atoms with Crippen molar-refractivity contribution >= 4 is 30.8 Å². The van der Waals surface area contributed by atoms with Gasteiger partial charge in [0.05, 0.1) is 25.9 Å². The molecule has 0 aromatic heterocycles. The van der Waals surface area contributed by atoms with Gasteiger partial charge in [-0.05, 0) is 11.1 Å². The molecule has 1 aliphatic heterocycles. The van der Waals surface area contributed by atoms with Crippen LogP contribution in [0.3, 0.4) is 0 Å². The molecule has 1 heterocycles. The third-order valence-electron chi connectivity index (χ3n) is 5.15. The van der Waals surface area contributed by atoms with Gasteiger partial charge in [-0.2, -0.15) is 0 Å². The predicted octanol–water partition coefficient (Wildman–Crippen LogP) is 3.36. The topological polar surface area (TPSA) is 62.2 Å². The number of benzene rings is 2. The Kier molecular flexibility index (Phi) is 13.4. The van der Waals surface area contributed by atoms with Crippen LogP contribution in [0.1, 0.15) is 17.2 Å². The average Bonchev–Trinajstić information content (AvgIpc) is 2.76. The van der Waals surface area contributed by atoms with Crippen LogP contribution >= 0.6 is 24.8 Å². The summed E-state index contributed by atoms with van der Waals surface area (Å²) in [5.74, 6) is -0.952. The molecule has 8 heteroatoms. The smallest absolute Gasteiger partial charge is 0.329 e. The monoisotopic (exact) mass is 470 g/mol. The van der Waals surface area contributed by atoms with Gasteiger partial charge in [0.25, 0.3) is 0 Å². The molecule has 0 bridgehead atoms. The highest BCUT2D eigenvalue weighted by Gasteiger charge is 2.26. The molecule has 6 nitrogen and oxygen atoms in total. The van der Waals surface area contributed by atoms with Gasteiger partial charge in [0, 0.05) is 32.7 Å². The number of carbonyl (C=O) groups is 1. The molecule has 0 unspecified atom stereocenters. The number of piperazine rings is 1.